The minimum absolute atomic E-state index is 0.301. The Morgan fingerprint density at radius 2 is 2.25 bits per heavy atom. The Bertz CT molecular complexity index is 601. The molecule has 2 N–H and O–H groups in total. The van der Waals surface area contributed by atoms with Crippen LogP contribution in [0.25, 0.3) is 0 Å². The van der Waals surface area contributed by atoms with Gasteiger partial charge in [0, 0.05) is 26.0 Å². The lowest BCUT2D eigenvalue weighted by Crippen LogP contribution is -2.19. The minimum Gasteiger partial charge on any atom is -0.465 e. The molecule has 0 saturated carbocycles. The minimum atomic E-state index is -0.471. The second kappa shape index (κ2) is 6.01. The molecule has 2 rings (SSSR count). The highest BCUT2D eigenvalue weighted by Crippen LogP contribution is 2.19. The van der Waals surface area contributed by atoms with Gasteiger partial charge in [-0.25, -0.2) is 9.78 Å². The van der Waals surface area contributed by atoms with Crippen LogP contribution in [0.1, 0.15) is 15.9 Å². The largest absolute Gasteiger partial charge is 0.465 e. The van der Waals surface area contributed by atoms with Gasteiger partial charge in [0.2, 0.25) is 0 Å². The van der Waals surface area contributed by atoms with E-state index in [0.717, 1.165) is 5.56 Å². The van der Waals surface area contributed by atoms with Crippen LogP contribution < -0.4 is 10.6 Å². The second-order valence-electron chi connectivity index (χ2n) is 4.34. The summed E-state index contributed by atoms with van der Waals surface area (Å²) in [6, 6.07) is 5.47. The zero-order valence-corrected chi connectivity index (χ0v) is 11.4. The van der Waals surface area contributed by atoms with Gasteiger partial charge in [-0.15, -0.1) is 0 Å². The molecule has 0 fully saturated rings. The molecule has 2 aromatic heterocycles. The van der Waals surface area contributed by atoms with E-state index in [1.807, 2.05) is 24.1 Å². The first-order valence-corrected chi connectivity index (χ1v) is 6.05. The number of pyridine rings is 2. The van der Waals surface area contributed by atoms with Crippen molar-refractivity contribution in [3.63, 3.8) is 0 Å². The van der Waals surface area contributed by atoms with Crippen molar-refractivity contribution in [1.29, 1.82) is 0 Å². The predicted molar refractivity (Wildman–Crippen MR) is 76.3 cm³/mol. The lowest BCUT2D eigenvalue weighted by molar-refractivity contribution is 0.0602. The number of hydrogen-bond acceptors (Lipinski definition) is 6. The molecular formula is C14H16N4O2. The molecule has 2 aromatic rings. The first-order chi connectivity index (χ1) is 9.61. The Morgan fingerprint density at radius 1 is 1.45 bits per heavy atom. The standard InChI is InChI=1S/C14H16N4O2/c1-18(9-10-4-3-5-16-7-10)13-6-11(14(19)20-2)12(15)8-17-13/h3-8H,9,15H2,1-2H3. The van der Waals surface area contributed by atoms with Crippen LogP contribution in [0.5, 0.6) is 0 Å². The molecule has 0 aromatic carbocycles. The van der Waals surface area contributed by atoms with Crippen molar-refractivity contribution in [2.45, 2.75) is 6.54 Å². The van der Waals surface area contributed by atoms with E-state index < -0.39 is 5.97 Å². The van der Waals surface area contributed by atoms with Crippen molar-refractivity contribution >= 4 is 17.5 Å². The number of nitrogen functional groups attached to an aromatic ring is 1. The first-order valence-electron chi connectivity index (χ1n) is 6.05. The van der Waals surface area contributed by atoms with Crippen LogP contribution in [0.15, 0.2) is 36.8 Å². The molecule has 6 nitrogen and oxygen atoms in total. The first kappa shape index (κ1) is 13.8. The topological polar surface area (TPSA) is 81.3 Å². The monoisotopic (exact) mass is 272 g/mol. The van der Waals surface area contributed by atoms with Gasteiger partial charge in [0.1, 0.15) is 5.82 Å². The number of nitrogens with two attached hydrogens (primary N) is 1. The van der Waals surface area contributed by atoms with Crippen LogP contribution in [0.3, 0.4) is 0 Å². The summed E-state index contributed by atoms with van der Waals surface area (Å²) < 4.78 is 4.69. The summed E-state index contributed by atoms with van der Waals surface area (Å²) in [5.41, 5.74) is 7.39. The summed E-state index contributed by atoms with van der Waals surface area (Å²) in [5.74, 6) is 0.171. The van der Waals surface area contributed by atoms with Crippen LogP contribution in [0.2, 0.25) is 0 Å². The third-order valence-electron chi connectivity index (χ3n) is 2.86. The molecule has 104 valence electrons. The van der Waals surface area contributed by atoms with Gasteiger partial charge in [0.05, 0.1) is 24.6 Å². The summed E-state index contributed by atoms with van der Waals surface area (Å²) >= 11 is 0. The zero-order valence-electron chi connectivity index (χ0n) is 11.4. The molecule has 0 aliphatic rings. The fourth-order valence-corrected chi connectivity index (χ4v) is 1.80. The average molecular weight is 272 g/mol. The van der Waals surface area contributed by atoms with E-state index in [1.54, 1.807) is 18.5 Å². The Balaban J connectivity index is 2.22. The van der Waals surface area contributed by atoms with Gasteiger partial charge in [-0.05, 0) is 17.7 Å². The third kappa shape index (κ3) is 3.03. The number of anilines is 2. The fraction of sp³-hybridized carbons (Fsp3) is 0.214. The third-order valence-corrected chi connectivity index (χ3v) is 2.86. The van der Waals surface area contributed by atoms with Crippen LogP contribution in [0.4, 0.5) is 11.5 Å². The second-order valence-corrected chi connectivity index (χ2v) is 4.34. The van der Waals surface area contributed by atoms with Crippen LogP contribution >= 0.6 is 0 Å². The Morgan fingerprint density at radius 3 is 2.90 bits per heavy atom. The van der Waals surface area contributed by atoms with Crippen LogP contribution in [-0.4, -0.2) is 30.1 Å². The molecule has 0 spiro atoms. The number of carbonyl (C=O) groups excluding carboxylic acids is 1. The lowest BCUT2D eigenvalue weighted by atomic mass is 10.2. The lowest BCUT2D eigenvalue weighted by Gasteiger charge is -2.19. The number of rotatable bonds is 4. The van der Waals surface area contributed by atoms with Gasteiger partial charge >= 0.3 is 5.97 Å². The summed E-state index contributed by atoms with van der Waals surface area (Å²) in [6.07, 6.45) is 4.97. The Hall–Kier alpha value is -2.63. The van der Waals surface area contributed by atoms with Gasteiger partial charge < -0.3 is 15.4 Å². The smallest absolute Gasteiger partial charge is 0.340 e. The van der Waals surface area contributed by atoms with Crippen molar-refractivity contribution in [2.24, 2.45) is 0 Å². The molecule has 0 bridgehead atoms. The Kier molecular flexibility index (Phi) is 4.14. The van der Waals surface area contributed by atoms with E-state index in [0.29, 0.717) is 23.6 Å². The molecule has 0 aliphatic carbocycles. The predicted octanol–water partition coefficient (Wildman–Crippen LogP) is 1.48. The molecule has 6 heteroatoms. The van der Waals surface area contributed by atoms with Gasteiger partial charge in [0.25, 0.3) is 0 Å². The molecule has 0 aliphatic heterocycles. The van der Waals surface area contributed by atoms with E-state index in [2.05, 4.69) is 9.97 Å². The molecular weight excluding hydrogens is 256 g/mol. The number of hydrogen-bond donors (Lipinski definition) is 1. The maximum Gasteiger partial charge on any atom is 0.340 e. The van der Waals surface area contributed by atoms with Crippen molar-refractivity contribution in [3.8, 4) is 0 Å². The van der Waals surface area contributed by atoms with E-state index in [-0.39, 0.29) is 0 Å². The van der Waals surface area contributed by atoms with Gasteiger partial charge in [-0.3, -0.25) is 4.98 Å². The van der Waals surface area contributed by atoms with E-state index in [4.69, 9.17) is 10.5 Å². The number of esters is 1. The highest BCUT2D eigenvalue weighted by molar-refractivity contribution is 5.95. The molecule has 20 heavy (non-hydrogen) atoms. The maximum atomic E-state index is 11.6. The van der Waals surface area contributed by atoms with Crippen molar-refractivity contribution in [2.75, 3.05) is 24.8 Å². The van der Waals surface area contributed by atoms with Crippen LogP contribution in [0, 0.1) is 0 Å². The van der Waals surface area contributed by atoms with Gasteiger partial charge in [-0.2, -0.15) is 0 Å². The van der Waals surface area contributed by atoms with Gasteiger partial charge in [-0.1, -0.05) is 6.07 Å². The quantitative estimate of drug-likeness (QED) is 0.849. The summed E-state index contributed by atoms with van der Waals surface area (Å²) in [7, 11) is 3.20. The molecule has 0 atom stereocenters. The number of nitrogens with zero attached hydrogens (tertiary/aromatic N) is 3. The van der Waals surface area contributed by atoms with Crippen molar-refractivity contribution in [1.82, 2.24) is 9.97 Å². The fourth-order valence-electron chi connectivity index (χ4n) is 1.80. The van der Waals surface area contributed by atoms with E-state index >= 15 is 0 Å². The molecule has 0 amide bonds. The number of ether oxygens (including phenoxy) is 1. The SMILES string of the molecule is COC(=O)c1cc(N(C)Cc2cccnc2)ncc1N. The summed E-state index contributed by atoms with van der Waals surface area (Å²) in [4.78, 5) is 21.8. The van der Waals surface area contributed by atoms with Crippen LogP contribution in [-0.2, 0) is 11.3 Å². The van der Waals surface area contributed by atoms with E-state index in [9.17, 15) is 4.79 Å². The number of methoxy groups -OCH3 is 1. The van der Waals surface area contributed by atoms with Gasteiger partial charge in [0.15, 0.2) is 0 Å². The summed E-state index contributed by atoms with van der Waals surface area (Å²) in [6.45, 7) is 0.630. The highest BCUT2D eigenvalue weighted by atomic mass is 16.5. The molecule has 0 unspecified atom stereocenters. The molecule has 2 heterocycles. The van der Waals surface area contributed by atoms with Crippen molar-refractivity contribution < 1.29 is 9.53 Å². The normalized spacial score (nSPS) is 10.1. The highest BCUT2D eigenvalue weighted by Gasteiger charge is 2.13. The molecule has 0 saturated heterocycles. The van der Waals surface area contributed by atoms with E-state index in [1.165, 1.54) is 13.3 Å². The number of carbonyl (C=O) groups is 1. The average Bonchev–Trinajstić information content (AvgIpc) is 2.48. The summed E-state index contributed by atoms with van der Waals surface area (Å²) in [5, 5.41) is 0. The van der Waals surface area contributed by atoms with Crippen molar-refractivity contribution in [3.05, 3.63) is 47.9 Å². The Labute approximate surface area is 117 Å². The number of aromatic nitrogens is 2. The zero-order chi connectivity index (χ0) is 14.5. The maximum absolute atomic E-state index is 11.6. The molecule has 0 radical (unpaired) electrons.